The maximum atomic E-state index is 13.2. The van der Waals surface area contributed by atoms with Crippen LogP contribution in [0, 0.1) is 6.92 Å². The number of hydrogen-bond acceptors (Lipinski definition) is 8. The summed E-state index contributed by atoms with van der Waals surface area (Å²) in [5.74, 6) is 0. The molecule has 250 valence electrons. The van der Waals surface area contributed by atoms with Gasteiger partial charge in [0.1, 0.15) is 20.5 Å². The van der Waals surface area contributed by atoms with Gasteiger partial charge in [-0.1, -0.05) is 95.5 Å². The van der Waals surface area contributed by atoms with Crippen molar-refractivity contribution < 1.29 is 23.9 Å². The summed E-state index contributed by atoms with van der Waals surface area (Å²) >= 11 is 0. The zero-order valence-corrected chi connectivity index (χ0v) is 27.8. The molecule has 1 aliphatic rings. The Morgan fingerprint density at radius 3 is 2.25 bits per heavy atom. The first-order valence-electron chi connectivity index (χ1n) is 16.5. The molecule has 0 amide bonds. The summed E-state index contributed by atoms with van der Waals surface area (Å²) in [6, 6.07) is -0.907. The Morgan fingerprint density at radius 1 is 1.09 bits per heavy atom. The number of ether oxygens (including phenoxy) is 3. The van der Waals surface area contributed by atoms with Crippen LogP contribution in [0.15, 0.2) is 20.9 Å². The first kappa shape index (κ1) is 38.1. The second kappa shape index (κ2) is 22.4. The number of H-pyrrole nitrogens is 1. The van der Waals surface area contributed by atoms with Gasteiger partial charge in [0, 0.05) is 42.5 Å². The monoisotopic (exact) mass is 639 g/mol. The Kier molecular flexibility index (Phi) is 19.4. The van der Waals surface area contributed by atoms with E-state index in [4.69, 9.17) is 19.7 Å². The second-order valence-corrected chi connectivity index (χ2v) is 13.3. The van der Waals surface area contributed by atoms with Crippen LogP contribution in [-0.4, -0.2) is 64.2 Å². The normalized spacial score (nSPS) is 19.5. The third kappa shape index (κ3) is 13.9. The number of carbonyl (C=O) groups excluding carboxylic acids is 1. The number of aromatic amines is 1. The molecule has 2 unspecified atom stereocenters. The van der Waals surface area contributed by atoms with Crippen molar-refractivity contribution in [1.82, 2.24) is 9.55 Å². The number of rotatable bonds is 25. The highest BCUT2D eigenvalue weighted by atomic mass is 31.1. The minimum Gasteiger partial charge on any atom is -0.379 e. The SMILES string of the molecule is CCCCCCCCCCCCCCCCOCC(CP(O)C(=O)[C@H]1O[C@@H](n2cc(C)c(=O)[nH]c2=O)C[C@@H]1N=[N+]=[N-])OCC. The van der Waals surface area contributed by atoms with E-state index in [1.54, 1.807) is 6.92 Å². The van der Waals surface area contributed by atoms with Gasteiger partial charge in [0.15, 0.2) is 0 Å². The quantitative estimate of drug-likeness (QED) is 0.0398. The van der Waals surface area contributed by atoms with E-state index in [0.717, 1.165) is 17.4 Å². The van der Waals surface area contributed by atoms with Crippen LogP contribution < -0.4 is 11.2 Å². The minimum atomic E-state index is -2.19. The van der Waals surface area contributed by atoms with Crippen LogP contribution in [0.3, 0.4) is 0 Å². The highest BCUT2D eigenvalue weighted by Crippen LogP contribution is 2.41. The lowest BCUT2D eigenvalue weighted by Crippen LogP contribution is -2.34. The molecule has 44 heavy (non-hydrogen) atoms. The van der Waals surface area contributed by atoms with E-state index in [1.165, 1.54) is 83.2 Å². The molecule has 2 rings (SSSR count). The molecule has 0 aliphatic carbocycles. The summed E-state index contributed by atoms with van der Waals surface area (Å²) in [5, 5.41) is 3.68. The van der Waals surface area contributed by atoms with Gasteiger partial charge >= 0.3 is 5.69 Å². The van der Waals surface area contributed by atoms with Crippen LogP contribution in [0.4, 0.5) is 0 Å². The fraction of sp³-hybridized carbons (Fsp3) is 0.839. The average molecular weight is 640 g/mol. The summed E-state index contributed by atoms with van der Waals surface area (Å²) in [6.07, 6.45) is 16.9. The van der Waals surface area contributed by atoms with E-state index >= 15 is 0 Å². The number of aryl methyl sites for hydroxylation is 1. The molecule has 0 spiro atoms. The van der Waals surface area contributed by atoms with Crippen molar-refractivity contribution in [3.05, 3.63) is 43.0 Å². The van der Waals surface area contributed by atoms with Crippen molar-refractivity contribution in [2.45, 2.75) is 142 Å². The van der Waals surface area contributed by atoms with E-state index < -0.39 is 49.4 Å². The van der Waals surface area contributed by atoms with E-state index in [-0.39, 0.29) is 19.2 Å². The summed E-state index contributed by atoms with van der Waals surface area (Å²) < 4.78 is 18.5. The third-order valence-corrected chi connectivity index (χ3v) is 9.49. The molecule has 2 N–H and O–H groups in total. The van der Waals surface area contributed by atoms with Crippen LogP contribution >= 0.6 is 8.15 Å². The number of aromatic nitrogens is 2. The Bertz CT molecular complexity index is 1120. The van der Waals surface area contributed by atoms with Gasteiger partial charge in [-0.15, -0.1) is 0 Å². The van der Waals surface area contributed by atoms with Crippen molar-refractivity contribution in [3.63, 3.8) is 0 Å². The number of nitrogens with zero attached hydrogens (tertiary/aromatic N) is 4. The van der Waals surface area contributed by atoms with Crippen LogP contribution in [0.5, 0.6) is 0 Å². The van der Waals surface area contributed by atoms with Crippen LogP contribution in [0.25, 0.3) is 10.4 Å². The van der Waals surface area contributed by atoms with Gasteiger partial charge < -0.3 is 19.1 Å². The lowest BCUT2D eigenvalue weighted by molar-refractivity contribution is -0.124. The summed E-state index contributed by atoms with van der Waals surface area (Å²) in [4.78, 5) is 53.1. The molecule has 0 aromatic carbocycles. The molecule has 1 saturated heterocycles. The fourth-order valence-electron chi connectivity index (χ4n) is 5.45. The molecular weight excluding hydrogens is 585 g/mol. The molecule has 1 aromatic heterocycles. The first-order valence-corrected chi connectivity index (χ1v) is 18.0. The van der Waals surface area contributed by atoms with Gasteiger partial charge in [-0.05, 0) is 25.8 Å². The van der Waals surface area contributed by atoms with E-state index in [9.17, 15) is 19.3 Å². The van der Waals surface area contributed by atoms with Crippen molar-refractivity contribution >= 4 is 13.7 Å². The van der Waals surface area contributed by atoms with Gasteiger partial charge in [-0.2, -0.15) is 0 Å². The van der Waals surface area contributed by atoms with Gasteiger partial charge in [-0.25, -0.2) is 4.79 Å². The highest BCUT2D eigenvalue weighted by Gasteiger charge is 2.43. The number of hydrogen-bond donors (Lipinski definition) is 2. The fourth-order valence-corrected chi connectivity index (χ4v) is 6.76. The summed E-state index contributed by atoms with van der Waals surface area (Å²) in [5.41, 5.74) is 7.51. The smallest absolute Gasteiger partial charge is 0.330 e. The molecule has 0 radical (unpaired) electrons. The molecule has 12 nitrogen and oxygen atoms in total. The maximum Gasteiger partial charge on any atom is 0.330 e. The molecule has 5 atom stereocenters. The maximum absolute atomic E-state index is 13.2. The molecule has 2 heterocycles. The van der Waals surface area contributed by atoms with Crippen LogP contribution in [0.2, 0.25) is 0 Å². The topological polar surface area (TPSA) is 169 Å². The number of azide groups is 1. The lowest BCUT2D eigenvalue weighted by atomic mass is 10.0. The molecule has 0 saturated carbocycles. The third-order valence-electron chi connectivity index (χ3n) is 7.98. The van der Waals surface area contributed by atoms with Gasteiger partial charge in [0.25, 0.3) is 5.56 Å². The predicted molar refractivity (Wildman–Crippen MR) is 173 cm³/mol. The van der Waals surface area contributed by atoms with E-state index in [2.05, 4.69) is 21.9 Å². The zero-order valence-electron chi connectivity index (χ0n) is 27.0. The van der Waals surface area contributed by atoms with Crippen LogP contribution in [-0.2, 0) is 19.0 Å². The zero-order chi connectivity index (χ0) is 32.2. The largest absolute Gasteiger partial charge is 0.379 e. The number of unbranched alkanes of at least 4 members (excludes halogenated alkanes) is 13. The minimum absolute atomic E-state index is 0.0478. The first-order chi connectivity index (χ1) is 21.3. The highest BCUT2D eigenvalue weighted by molar-refractivity contribution is 7.69. The molecule has 1 fully saturated rings. The van der Waals surface area contributed by atoms with Crippen molar-refractivity contribution in [2.75, 3.05) is 26.0 Å². The van der Waals surface area contributed by atoms with E-state index in [1.807, 2.05) is 6.92 Å². The van der Waals surface area contributed by atoms with E-state index in [0.29, 0.717) is 18.8 Å². The van der Waals surface area contributed by atoms with Crippen molar-refractivity contribution in [1.29, 1.82) is 0 Å². The number of carbonyl (C=O) groups is 1. The Morgan fingerprint density at radius 2 is 1.68 bits per heavy atom. The lowest BCUT2D eigenvalue weighted by Gasteiger charge is -2.22. The molecule has 1 aromatic rings. The second-order valence-electron chi connectivity index (χ2n) is 11.7. The summed E-state index contributed by atoms with van der Waals surface area (Å²) in [6.45, 7) is 6.90. The average Bonchev–Trinajstić information content (AvgIpc) is 3.42. The molecular formula is C31H54N5O7P. The Balaban J connectivity index is 1.68. The molecule has 13 heteroatoms. The van der Waals surface area contributed by atoms with Crippen molar-refractivity contribution in [3.8, 4) is 0 Å². The Labute approximate surface area is 262 Å². The Hall–Kier alpha value is -2.07. The molecule has 0 bridgehead atoms. The van der Waals surface area contributed by atoms with Gasteiger partial charge in [0.2, 0.25) is 5.52 Å². The standard InChI is InChI=1S/C31H54N5O7P/c1-4-6-7-8-9-10-11-12-13-14-15-16-17-18-19-41-22-25(42-5-2)23-44(40)30(38)28-26(34-35-32)20-27(43-28)36-21-24(3)29(37)33-31(36)39/h21,25-28,40H,4-20,22-23H2,1-3H3,(H,33,37,39)/t25?,26-,27+,28-,44?/m0/s1. The van der Waals surface area contributed by atoms with Gasteiger partial charge in [0.05, 0.1) is 18.8 Å². The van der Waals surface area contributed by atoms with Crippen molar-refractivity contribution in [2.24, 2.45) is 5.11 Å². The molecule has 1 aliphatic heterocycles. The number of nitrogens with one attached hydrogen (secondary N) is 1. The van der Waals surface area contributed by atoms with Crippen LogP contribution in [0.1, 0.15) is 122 Å². The summed E-state index contributed by atoms with van der Waals surface area (Å²) in [7, 11) is -2.19. The predicted octanol–water partition coefficient (Wildman–Crippen LogP) is 6.63. The van der Waals surface area contributed by atoms with Gasteiger partial charge in [-0.3, -0.25) is 19.1 Å².